The minimum Gasteiger partial charge on any atom is -0.496 e. The third-order valence-electron chi connectivity index (χ3n) is 4.77. The molecule has 0 unspecified atom stereocenters. The smallest absolute Gasteiger partial charge is 0.290 e. The molecular formula is C20H26O4S. The monoisotopic (exact) mass is 362 g/mol. The Morgan fingerprint density at radius 1 is 1.36 bits per heavy atom. The molecule has 136 valence electrons. The van der Waals surface area contributed by atoms with Crippen LogP contribution < -0.4 is 4.74 Å². The van der Waals surface area contributed by atoms with Gasteiger partial charge in [-0.2, -0.15) is 0 Å². The van der Waals surface area contributed by atoms with Gasteiger partial charge in [-0.05, 0) is 54.4 Å². The van der Waals surface area contributed by atoms with Crippen LogP contribution in [0.1, 0.15) is 41.8 Å². The summed E-state index contributed by atoms with van der Waals surface area (Å²) in [6.45, 7) is 6.73. The Labute approximate surface area is 153 Å². The summed E-state index contributed by atoms with van der Waals surface area (Å²) < 4.78 is 5.57. The zero-order valence-corrected chi connectivity index (χ0v) is 16.1. The summed E-state index contributed by atoms with van der Waals surface area (Å²) in [6.07, 6.45) is 3.56. The molecule has 1 heterocycles. The van der Waals surface area contributed by atoms with E-state index in [1.54, 1.807) is 7.11 Å². The van der Waals surface area contributed by atoms with E-state index in [9.17, 15) is 5.11 Å². The summed E-state index contributed by atoms with van der Waals surface area (Å²) in [7, 11) is 1.70. The van der Waals surface area contributed by atoms with Gasteiger partial charge in [0.1, 0.15) is 5.75 Å². The van der Waals surface area contributed by atoms with Crippen LogP contribution in [0.5, 0.6) is 5.75 Å². The molecule has 0 bridgehead atoms. The first-order chi connectivity index (χ1) is 11.9. The average molecular weight is 362 g/mol. The number of thiophene rings is 1. The lowest BCUT2D eigenvalue weighted by Crippen LogP contribution is -2.21. The number of hydrogen-bond donors (Lipinski definition) is 2. The normalized spacial score (nSPS) is 14.9. The highest BCUT2D eigenvalue weighted by atomic mass is 32.1. The van der Waals surface area contributed by atoms with Crippen molar-refractivity contribution in [3.63, 3.8) is 0 Å². The lowest BCUT2D eigenvalue weighted by Gasteiger charge is -2.29. The van der Waals surface area contributed by atoms with Crippen molar-refractivity contribution in [1.29, 1.82) is 0 Å². The van der Waals surface area contributed by atoms with Crippen LogP contribution in [-0.2, 0) is 24.2 Å². The first-order valence-corrected chi connectivity index (χ1v) is 9.16. The van der Waals surface area contributed by atoms with Gasteiger partial charge in [0.15, 0.2) is 0 Å². The van der Waals surface area contributed by atoms with Crippen LogP contribution in [0.2, 0.25) is 0 Å². The van der Waals surface area contributed by atoms with Crippen LogP contribution in [0.3, 0.4) is 0 Å². The second-order valence-electron chi connectivity index (χ2n) is 7.06. The second-order valence-corrected chi connectivity index (χ2v) is 8.16. The first kappa shape index (κ1) is 19.5. The fourth-order valence-corrected chi connectivity index (χ4v) is 4.84. The number of benzene rings is 1. The van der Waals surface area contributed by atoms with E-state index in [4.69, 9.17) is 14.6 Å². The highest BCUT2D eigenvalue weighted by Crippen LogP contribution is 2.47. The highest BCUT2D eigenvalue weighted by Gasteiger charge is 2.30. The van der Waals surface area contributed by atoms with E-state index < -0.39 is 0 Å². The first-order valence-electron chi connectivity index (χ1n) is 8.34. The van der Waals surface area contributed by atoms with Gasteiger partial charge in [0.25, 0.3) is 6.47 Å². The number of fused-ring (bicyclic) bond motifs is 1. The molecule has 2 N–H and O–H groups in total. The summed E-state index contributed by atoms with van der Waals surface area (Å²) in [6, 6.07) is 5.91. The lowest BCUT2D eigenvalue weighted by atomic mass is 9.76. The van der Waals surface area contributed by atoms with E-state index in [0.29, 0.717) is 5.41 Å². The van der Waals surface area contributed by atoms with E-state index >= 15 is 0 Å². The molecule has 4 nitrogen and oxygen atoms in total. The Morgan fingerprint density at radius 3 is 2.64 bits per heavy atom. The fraction of sp³-hybridized carbons (Fsp3) is 0.450. The van der Waals surface area contributed by atoms with Crippen LogP contribution in [-0.4, -0.2) is 23.8 Å². The molecule has 1 aliphatic carbocycles. The maximum absolute atomic E-state index is 9.73. The van der Waals surface area contributed by atoms with Crippen LogP contribution in [0.15, 0.2) is 18.2 Å². The van der Waals surface area contributed by atoms with Crippen molar-refractivity contribution in [2.75, 3.05) is 7.11 Å². The number of aliphatic hydroxyl groups excluding tert-OH is 1. The molecule has 0 atom stereocenters. The summed E-state index contributed by atoms with van der Waals surface area (Å²) in [5.74, 6) is 0.854. The number of methoxy groups -OCH3 is 1. The van der Waals surface area contributed by atoms with Gasteiger partial charge in [0.05, 0.1) is 13.7 Å². The van der Waals surface area contributed by atoms with Gasteiger partial charge < -0.3 is 14.9 Å². The molecule has 0 amide bonds. The van der Waals surface area contributed by atoms with Crippen molar-refractivity contribution in [2.45, 2.75) is 46.6 Å². The van der Waals surface area contributed by atoms with Crippen molar-refractivity contribution in [2.24, 2.45) is 5.41 Å². The topological polar surface area (TPSA) is 66.8 Å². The minimum absolute atomic E-state index is 0.0417. The molecule has 0 spiro atoms. The zero-order valence-electron chi connectivity index (χ0n) is 15.3. The third kappa shape index (κ3) is 4.05. The summed E-state index contributed by atoms with van der Waals surface area (Å²) in [5, 5.41) is 16.6. The molecule has 5 heteroatoms. The van der Waals surface area contributed by atoms with Crippen molar-refractivity contribution in [3.05, 3.63) is 39.8 Å². The minimum atomic E-state index is -0.250. The average Bonchev–Trinajstić information content (AvgIpc) is 2.90. The lowest BCUT2D eigenvalue weighted by molar-refractivity contribution is -0.122. The van der Waals surface area contributed by atoms with Gasteiger partial charge in [-0.15, -0.1) is 11.3 Å². The van der Waals surface area contributed by atoms with Gasteiger partial charge in [-0.25, -0.2) is 0 Å². The van der Waals surface area contributed by atoms with E-state index in [1.807, 2.05) is 29.5 Å². The van der Waals surface area contributed by atoms with Gasteiger partial charge in [-0.1, -0.05) is 26.0 Å². The Balaban J connectivity index is 0.000000701. The molecule has 0 saturated heterocycles. The number of aliphatic hydroxyl groups is 1. The Morgan fingerprint density at radius 2 is 2.04 bits per heavy atom. The van der Waals surface area contributed by atoms with Crippen molar-refractivity contribution in [1.82, 2.24) is 0 Å². The van der Waals surface area contributed by atoms with Crippen molar-refractivity contribution >= 4 is 17.8 Å². The zero-order chi connectivity index (χ0) is 18.6. The summed E-state index contributed by atoms with van der Waals surface area (Å²) in [5.41, 5.74) is 5.29. The van der Waals surface area contributed by atoms with Crippen LogP contribution in [0, 0.1) is 12.3 Å². The summed E-state index contributed by atoms with van der Waals surface area (Å²) in [4.78, 5) is 11.1. The number of carboxylic acid groups (broad SMARTS) is 1. The van der Waals surface area contributed by atoms with E-state index in [1.165, 1.54) is 27.3 Å². The molecular weight excluding hydrogens is 336 g/mol. The highest BCUT2D eigenvalue weighted by molar-refractivity contribution is 7.16. The number of ether oxygens (including phenoxy) is 1. The van der Waals surface area contributed by atoms with Gasteiger partial charge >= 0.3 is 0 Å². The Hall–Kier alpha value is -1.85. The molecule has 0 aliphatic heterocycles. The number of rotatable bonds is 3. The molecule has 1 aromatic heterocycles. The van der Waals surface area contributed by atoms with Crippen LogP contribution in [0.25, 0.3) is 10.4 Å². The number of hydrogen-bond acceptors (Lipinski definition) is 4. The maximum Gasteiger partial charge on any atom is 0.290 e. The molecule has 25 heavy (non-hydrogen) atoms. The van der Waals surface area contributed by atoms with E-state index in [2.05, 4.69) is 20.8 Å². The van der Waals surface area contributed by atoms with Gasteiger partial charge in [0.2, 0.25) is 0 Å². The summed E-state index contributed by atoms with van der Waals surface area (Å²) >= 11 is 1.88. The third-order valence-corrected chi connectivity index (χ3v) is 6.18. The van der Waals surface area contributed by atoms with E-state index in [-0.39, 0.29) is 13.1 Å². The van der Waals surface area contributed by atoms with Crippen LogP contribution in [0.4, 0.5) is 0 Å². The second kappa shape index (κ2) is 8.02. The quantitative estimate of drug-likeness (QED) is 0.792. The van der Waals surface area contributed by atoms with Gasteiger partial charge in [-0.3, -0.25) is 4.79 Å². The predicted octanol–water partition coefficient (Wildman–Crippen LogP) is 4.44. The van der Waals surface area contributed by atoms with Gasteiger partial charge in [0, 0.05) is 15.3 Å². The van der Waals surface area contributed by atoms with E-state index in [0.717, 1.165) is 29.7 Å². The Bertz CT molecular complexity index is 724. The SMILES string of the molecule is COc1cccc(CO)c1-c1sc2c(c1C)CC(C)(C)CC2.O=CO. The molecule has 0 fully saturated rings. The number of aryl methyl sites for hydroxylation is 1. The predicted molar refractivity (Wildman–Crippen MR) is 101 cm³/mol. The molecule has 0 radical (unpaired) electrons. The Kier molecular flexibility index (Phi) is 6.25. The number of carbonyl (C=O) groups is 1. The molecule has 1 aromatic carbocycles. The molecule has 3 rings (SSSR count). The molecule has 0 saturated carbocycles. The van der Waals surface area contributed by atoms with Crippen molar-refractivity contribution in [3.8, 4) is 16.2 Å². The maximum atomic E-state index is 9.73. The standard InChI is InChI=1S/C19H24O2S.CH2O2/c1-12-14-10-19(2,3)9-8-16(14)22-18(12)17-13(11-20)6-5-7-15(17)21-4;2-1-3/h5-7,20H,8-11H2,1-4H3;1H,(H,2,3). The van der Waals surface area contributed by atoms with Crippen molar-refractivity contribution < 1.29 is 19.7 Å². The largest absolute Gasteiger partial charge is 0.496 e. The fourth-order valence-electron chi connectivity index (χ4n) is 3.43. The molecule has 1 aliphatic rings. The molecule has 2 aromatic rings. The van der Waals surface area contributed by atoms with Crippen LogP contribution >= 0.6 is 11.3 Å².